The van der Waals surface area contributed by atoms with Gasteiger partial charge < -0.3 is 30.9 Å². The van der Waals surface area contributed by atoms with Gasteiger partial charge in [0, 0.05) is 25.4 Å². The summed E-state index contributed by atoms with van der Waals surface area (Å²) in [6, 6.07) is 0.674. The van der Waals surface area contributed by atoms with Crippen molar-refractivity contribution in [1.82, 2.24) is 19.8 Å². The highest BCUT2D eigenvalue weighted by Gasteiger charge is 2.72. The Labute approximate surface area is 257 Å². The van der Waals surface area contributed by atoms with E-state index >= 15 is 0 Å². The SMILES string of the molecule is CC(NCc1nccn1C)C(=O)Nc1ccc2c(c1O)C(=O)C1C(=O)[C@]3(O)C(=O)C(C(N)=O)C(=O)[C@@H](N(C)C)C3C(O)C1C2C. The number of nitrogens with zero attached hydrogens (tertiary/aromatic N) is 3. The molecule has 0 bridgehead atoms. The number of likely N-dealkylation sites (N-methyl/N-ethyl adjacent to an activating group) is 1. The first-order chi connectivity index (χ1) is 21.0. The minimum atomic E-state index is -3.09. The van der Waals surface area contributed by atoms with E-state index in [4.69, 9.17) is 5.73 Å². The van der Waals surface area contributed by atoms with Crippen molar-refractivity contribution in [1.29, 1.82) is 0 Å². The van der Waals surface area contributed by atoms with Crippen LogP contribution in [0.1, 0.15) is 41.5 Å². The summed E-state index contributed by atoms with van der Waals surface area (Å²) in [7, 11) is 4.65. The number of hydrogen-bond donors (Lipinski definition) is 6. The van der Waals surface area contributed by atoms with Gasteiger partial charge in [0.25, 0.3) is 0 Å². The number of amides is 2. The van der Waals surface area contributed by atoms with Gasteiger partial charge in [0.1, 0.15) is 11.6 Å². The number of nitrogens with one attached hydrogen (secondary N) is 2. The van der Waals surface area contributed by atoms with E-state index in [1.165, 1.54) is 31.1 Å². The number of benzene rings is 1. The number of phenolic OH excluding ortho intramolecular Hbond substituents is 1. The first-order valence-corrected chi connectivity index (χ1v) is 14.4. The molecule has 2 fully saturated rings. The van der Waals surface area contributed by atoms with E-state index in [1.54, 1.807) is 37.9 Å². The van der Waals surface area contributed by atoms with Crippen LogP contribution in [0.4, 0.5) is 5.69 Å². The van der Waals surface area contributed by atoms with Crippen LogP contribution in [-0.2, 0) is 37.6 Å². The summed E-state index contributed by atoms with van der Waals surface area (Å²) in [4.78, 5) is 85.4. The summed E-state index contributed by atoms with van der Waals surface area (Å²) in [5.74, 6) is -14.2. The molecule has 2 amide bonds. The van der Waals surface area contributed by atoms with Gasteiger partial charge in [-0.1, -0.05) is 13.0 Å². The molecule has 2 saturated carbocycles. The third-order valence-corrected chi connectivity index (χ3v) is 9.63. The summed E-state index contributed by atoms with van der Waals surface area (Å²) < 4.78 is 1.78. The highest BCUT2D eigenvalue weighted by molar-refractivity contribution is 6.32. The fraction of sp³-hybridized carbons (Fsp3) is 0.500. The lowest BCUT2D eigenvalue weighted by Gasteiger charge is -2.56. The number of aromatic nitrogens is 2. The van der Waals surface area contributed by atoms with Crippen LogP contribution in [0.5, 0.6) is 5.75 Å². The lowest BCUT2D eigenvalue weighted by Crippen LogP contribution is -2.77. The predicted octanol–water partition coefficient (Wildman–Crippen LogP) is -1.75. The van der Waals surface area contributed by atoms with Gasteiger partial charge in [0.05, 0.1) is 47.8 Å². The average molecular weight is 625 g/mol. The van der Waals surface area contributed by atoms with E-state index in [1.807, 2.05) is 0 Å². The largest absolute Gasteiger partial charge is 0.505 e. The number of nitrogens with two attached hydrogens (primary N) is 1. The fourth-order valence-corrected chi connectivity index (χ4v) is 7.23. The molecule has 1 heterocycles. The molecule has 2 aromatic rings. The van der Waals surface area contributed by atoms with Crippen LogP contribution in [0, 0.1) is 23.7 Å². The molecule has 7 unspecified atom stereocenters. The third-order valence-electron chi connectivity index (χ3n) is 9.63. The smallest absolute Gasteiger partial charge is 0.241 e. The van der Waals surface area contributed by atoms with E-state index in [2.05, 4.69) is 15.6 Å². The van der Waals surface area contributed by atoms with Crippen molar-refractivity contribution in [3.05, 3.63) is 41.5 Å². The van der Waals surface area contributed by atoms with Gasteiger partial charge in [0.2, 0.25) is 11.8 Å². The zero-order valence-corrected chi connectivity index (χ0v) is 25.3. The number of ketones is 4. The maximum Gasteiger partial charge on any atom is 0.241 e. The van der Waals surface area contributed by atoms with Crippen LogP contribution in [-0.4, -0.2) is 103 Å². The molecular formula is C30H36N6O9. The number of carbonyl (C=O) groups excluding carboxylic acids is 6. The van der Waals surface area contributed by atoms with E-state index in [-0.39, 0.29) is 23.4 Å². The van der Waals surface area contributed by atoms with Crippen LogP contribution in [0.3, 0.4) is 0 Å². The van der Waals surface area contributed by atoms with Gasteiger partial charge in [-0.15, -0.1) is 0 Å². The van der Waals surface area contributed by atoms with Crippen molar-refractivity contribution in [2.45, 2.75) is 50.1 Å². The number of aryl methyl sites for hydroxylation is 1. The molecule has 0 saturated heterocycles. The molecule has 1 aromatic heterocycles. The number of carbonyl (C=O) groups is 6. The zero-order chi connectivity index (χ0) is 33.3. The molecule has 9 atom stereocenters. The molecule has 15 heteroatoms. The molecule has 0 spiro atoms. The number of aliphatic hydroxyl groups is 2. The summed E-state index contributed by atoms with van der Waals surface area (Å²) >= 11 is 0. The zero-order valence-electron chi connectivity index (χ0n) is 25.3. The quantitative estimate of drug-likeness (QED) is 0.149. The van der Waals surface area contributed by atoms with E-state index in [9.17, 15) is 44.1 Å². The molecule has 7 N–H and O–H groups in total. The fourth-order valence-electron chi connectivity index (χ4n) is 7.23. The van der Waals surface area contributed by atoms with Crippen LogP contribution >= 0.6 is 0 Å². The number of fused-ring (bicyclic) bond motifs is 3. The van der Waals surface area contributed by atoms with Crippen molar-refractivity contribution < 1.29 is 44.1 Å². The predicted molar refractivity (Wildman–Crippen MR) is 156 cm³/mol. The minimum Gasteiger partial charge on any atom is -0.505 e. The number of phenols is 1. The number of aliphatic hydroxyl groups excluding tert-OH is 1. The topological polar surface area (TPSA) is 234 Å². The van der Waals surface area contributed by atoms with E-state index < -0.39 is 94.1 Å². The Morgan fingerprint density at radius 2 is 1.84 bits per heavy atom. The molecule has 15 nitrogen and oxygen atoms in total. The van der Waals surface area contributed by atoms with Crippen LogP contribution in [0.2, 0.25) is 0 Å². The highest BCUT2D eigenvalue weighted by atomic mass is 16.3. The number of primary amides is 1. The highest BCUT2D eigenvalue weighted by Crippen LogP contribution is 2.55. The number of Topliss-reactive ketones (excluding diaryl/α,β-unsaturated/α-hetero) is 4. The summed E-state index contributed by atoms with van der Waals surface area (Å²) in [6.07, 6.45) is 1.64. The molecule has 5 rings (SSSR count). The van der Waals surface area contributed by atoms with Crippen LogP contribution in [0.15, 0.2) is 24.5 Å². The van der Waals surface area contributed by atoms with Gasteiger partial charge in [-0.3, -0.25) is 39.0 Å². The van der Waals surface area contributed by atoms with Crippen LogP contribution in [0.25, 0.3) is 0 Å². The van der Waals surface area contributed by atoms with Gasteiger partial charge in [-0.05, 0) is 38.6 Å². The monoisotopic (exact) mass is 624 g/mol. The molecule has 3 aliphatic carbocycles. The summed E-state index contributed by atoms with van der Waals surface area (Å²) in [5.41, 5.74) is 2.08. The lowest BCUT2D eigenvalue weighted by molar-refractivity contribution is -0.196. The molecular weight excluding hydrogens is 588 g/mol. The first-order valence-electron chi connectivity index (χ1n) is 14.4. The number of imidazole rings is 1. The van der Waals surface area contributed by atoms with Crippen molar-refractivity contribution in [3.63, 3.8) is 0 Å². The Kier molecular flexibility index (Phi) is 8.02. The van der Waals surface area contributed by atoms with Crippen molar-refractivity contribution in [3.8, 4) is 5.75 Å². The number of rotatable bonds is 7. The molecule has 0 aliphatic heterocycles. The maximum absolute atomic E-state index is 14.1. The number of hydrogen-bond acceptors (Lipinski definition) is 12. The summed E-state index contributed by atoms with van der Waals surface area (Å²) in [5, 5.41) is 40.3. The first kappa shape index (κ1) is 32.1. The molecule has 3 aliphatic rings. The Hall–Kier alpha value is -4.31. The molecule has 240 valence electrons. The second-order valence-electron chi connectivity index (χ2n) is 12.3. The third kappa shape index (κ3) is 4.69. The Morgan fingerprint density at radius 1 is 1.18 bits per heavy atom. The Morgan fingerprint density at radius 3 is 2.42 bits per heavy atom. The van der Waals surface area contributed by atoms with Gasteiger partial charge >= 0.3 is 0 Å². The van der Waals surface area contributed by atoms with Crippen molar-refractivity contribution in [2.75, 3.05) is 19.4 Å². The van der Waals surface area contributed by atoms with E-state index in [0.29, 0.717) is 5.82 Å². The van der Waals surface area contributed by atoms with Gasteiger partial charge in [0.15, 0.2) is 34.7 Å². The minimum absolute atomic E-state index is 0.121. The maximum atomic E-state index is 14.1. The Bertz CT molecular complexity index is 1640. The van der Waals surface area contributed by atoms with Gasteiger partial charge in [-0.2, -0.15) is 0 Å². The molecule has 45 heavy (non-hydrogen) atoms. The Balaban J connectivity index is 1.50. The average Bonchev–Trinajstić information content (AvgIpc) is 3.38. The number of anilines is 1. The van der Waals surface area contributed by atoms with Crippen molar-refractivity contribution in [2.24, 2.45) is 36.5 Å². The van der Waals surface area contributed by atoms with Gasteiger partial charge in [-0.25, -0.2) is 4.98 Å². The normalized spacial score (nSPS) is 31.7. The number of aromatic hydroxyl groups is 1. The second-order valence-corrected chi connectivity index (χ2v) is 12.3. The molecule has 1 aromatic carbocycles. The lowest BCUT2D eigenvalue weighted by atomic mass is 9.49. The van der Waals surface area contributed by atoms with Crippen LogP contribution < -0.4 is 16.4 Å². The van der Waals surface area contributed by atoms with E-state index in [0.717, 1.165) is 0 Å². The standard InChI is InChI=1S/C30H36N6O9/c1-11-13-6-7-14(34-29(44)12(2)33-10-15-32-8-9-36(15)5)22(37)17(13)23(38)18-16(11)24(39)20-21(35(3)4)25(40)19(28(31)43)27(42)30(20,45)26(18)41/h6-9,11-12,16,18-21,24,33,37,39,45H,10H2,1-5H3,(H2,31,43)(H,34,44)/t11?,12?,16?,18?,19?,20?,21-,24?,30-/m0/s1. The second kappa shape index (κ2) is 11.2. The molecule has 0 radical (unpaired) electrons. The summed E-state index contributed by atoms with van der Waals surface area (Å²) in [6.45, 7) is 3.47. The van der Waals surface area contributed by atoms with Crippen molar-refractivity contribution >= 4 is 40.6 Å².